The number of carbonyl (C=O) groups is 2. The van der Waals surface area contributed by atoms with Crippen molar-refractivity contribution in [2.45, 2.75) is 52.1 Å². The maximum Gasteiger partial charge on any atom is 0.307 e. The Bertz CT molecular complexity index is 554. The summed E-state index contributed by atoms with van der Waals surface area (Å²) in [6, 6.07) is 5.52. The van der Waals surface area contributed by atoms with E-state index in [9.17, 15) is 9.59 Å². The zero-order valence-corrected chi connectivity index (χ0v) is 13.1. The molecule has 5 nitrogen and oxygen atoms in total. The molecule has 0 aliphatic carbocycles. The van der Waals surface area contributed by atoms with Crippen LogP contribution in [0.2, 0.25) is 0 Å². The van der Waals surface area contributed by atoms with Crippen LogP contribution in [0.1, 0.15) is 45.1 Å². The van der Waals surface area contributed by atoms with Crippen LogP contribution in [-0.4, -0.2) is 23.1 Å². The Hall–Kier alpha value is -2.04. The third-order valence-electron chi connectivity index (χ3n) is 3.72. The number of fused-ring (bicyclic) bond motifs is 1. The standard InChI is InChI=1S/C17H23NO4/c1-11(2)3-8-16(19)18-13-5-7-15-12(9-13)4-6-14(22-15)10-17(20)21/h5,7,9,11,14H,3-4,6,8,10H2,1-2H3,(H,18,19)(H,20,21). The number of carboxylic acid groups (broad SMARTS) is 1. The summed E-state index contributed by atoms with van der Waals surface area (Å²) in [4.78, 5) is 22.6. The lowest BCUT2D eigenvalue weighted by molar-refractivity contribution is -0.139. The fourth-order valence-corrected chi connectivity index (χ4v) is 2.50. The Kier molecular flexibility index (Phi) is 5.41. The molecule has 0 fully saturated rings. The van der Waals surface area contributed by atoms with E-state index in [1.807, 2.05) is 6.07 Å². The van der Waals surface area contributed by atoms with Gasteiger partial charge < -0.3 is 15.2 Å². The minimum absolute atomic E-state index is 0.0210. The minimum Gasteiger partial charge on any atom is -0.490 e. The van der Waals surface area contributed by atoms with Gasteiger partial charge in [0.2, 0.25) is 5.91 Å². The number of ether oxygens (including phenoxy) is 1. The fourth-order valence-electron chi connectivity index (χ4n) is 2.50. The predicted octanol–water partition coefficient (Wildman–Crippen LogP) is 3.23. The van der Waals surface area contributed by atoms with Crippen LogP contribution >= 0.6 is 0 Å². The van der Waals surface area contributed by atoms with Crippen LogP contribution in [0.5, 0.6) is 5.75 Å². The van der Waals surface area contributed by atoms with Crippen molar-refractivity contribution in [2.75, 3.05) is 5.32 Å². The Morgan fingerprint density at radius 2 is 2.18 bits per heavy atom. The number of aryl methyl sites for hydroxylation is 1. The van der Waals surface area contributed by atoms with Gasteiger partial charge in [-0.15, -0.1) is 0 Å². The topological polar surface area (TPSA) is 75.6 Å². The molecule has 5 heteroatoms. The van der Waals surface area contributed by atoms with Crippen LogP contribution in [0.25, 0.3) is 0 Å². The molecule has 0 radical (unpaired) electrons. The molecule has 1 aliphatic rings. The molecule has 0 spiro atoms. The lowest BCUT2D eigenvalue weighted by Crippen LogP contribution is -2.25. The second-order valence-corrected chi connectivity index (χ2v) is 6.18. The van der Waals surface area contributed by atoms with Crippen LogP contribution in [0.4, 0.5) is 5.69 Å². The summed E-state index contributed by atoms with van der Waals surface area (Å²) in [7, 11) is 0. The summed E-state index contributed by atoms with van der Waals surface area (Å²) in [6.45, 7) is 4.19. The molecule has 2 N–H and O–H groups in total. The van der Waals surface area contributed by atoms with E-state index in [1.165, 1.54) is 0 Å². The Morgan fingerprint density at radius 1 is 1.41 bits per heavy atom. The molecule has 0 saturated carbocycles. The quantitative estimate of drug-likeness (QED) is 0.846. The maximum absolute atomic E-state index is 11.9. The van der Waals surface area contributed by atoms with Crippen molar-refractivity contribution in [3.8, 4) is 5.75 Å². The molecule has 1 atom stereocenters. The van der Waals surface area contributed by atoms with Gasteiger partial charge in [0.1, 0.15) is 11.9 Å². The van der Waals surface area contributed by atoms with Gasteiger partial charge >= 0.3 is 5.97 Å². The zero-order chi connectivity index (χ0) is 16.1. The van der Waals surface area contributed by atoms with Gasteiger partial charge in [0.25, 0.3) is 0 Å². The van der Waals surface area contributed by atoms with Crippen LogP contribution in [-0.2, 0) is 16.0 Å². The average Bonchev–Trinajstić information content (AvgIpc) is 2.44. The van der Waals surface area contributed by atoms with Crippen LogP contribution in [0, 0.1) is 5.92 Å². The number of carbonyl (C=O) groups excluding carboxylic acids is 1. The number of aliphatic carboxylic acids is 1. The van der Waals surface area contributed by atoms with Crippen molar-refractivity contribution in [1.29, 1.82) is 0 Å². The van der Waals surface area contributed by atoms with E-state index in [1.54, 1.807) is 12.1 Å². The van der Waals surface area contributed by atoms with Gasteiger partial charge in [0, 0.05) is 12.1 Å². The van der Waals surface area contributed by atoms with E-state index < -0.39 is 5.97 Å². The van der Waals surface area contributed by atoms with Crippen molar-refractivity contribution in [1.82, 2.24) is 0 Å². The summed E-state index contributed by atoms with van der Waals surface area (Å²) in [5.74, 6) is 0.406. The van der Waals surface area contributed by atoms with Gasteiger partial charge in [0.15, 0.2) is 0 Å². The highest BCUT2D eigenvalue weighted by Crippen LogP contribution is 2.31. The fraction of sp³-hybridized carbons (Fsp3) is 0.529. The smallest absolute Gasteiger partial charge is 0.307 e. The molecule has 1 aromatic rings. The van der Waals surface area contributed by atoms with E-state index in [-0.39, 0.29) is 18.4 Å². The molecular formula is C17H23NO4. The molecule has 0 saturated heterocycles. The number of hydrogen-bond acceptors (Lipinski definition) is 3. The summed E-state index contributed by atoms with van der Waals surface area (Å²) in [5.41, 5.74) is 1.79. The molecule has 0 bridgehead atoms. The molecule has 2 rings (SSSR count). The van der Waals surface area contributed by atoms with E-state index in [2.05, 4.69) is 19.2 Å². The highest BCUT2D eigenvalue weighted by molar-refractivity contribution is 5.90. The van der Waals surface area contributed by atoms with E-state index >= 15 is 0 Å². The number of hydrogen-bond donors (Lipinski definition) is 2. The molecular weight excluding hydrogens is 282 g/mol. The van der Waals surface area contributed by atoms with Gasteiger partial charge in [-0.05, 0) is 48.9 Å². The van der Waals surface area contributed by atoms with Crippen LogP contribution < -0.4 is 10.1 Å². The number of rotatable bonds is 6. The monoisotopic (exact) mass is 305 g/mol. The first-order chi connectivity index (χ1) is 10.4. The van der Waals surface area contributed by atoms with Crippen molar-refractivity contribution in [3.05, 3.63) is 23.8 Å². The van der Waals surface area contributed by atoms with E-state index in [0.717, 1.165) is 29.8 Å². The Labute approximate surface area is 130 Å². The number of benzene rings is 1. The summed E-state index contributed by atoms with van der Waals surface area (Å²) >= 11 is 0. The highest BCUT2D eigenvalue weighted by Gasteiger charge is 2.22. The van der Waals surface area contributed by atoms with Crippen molar-refractivity contribution >= 4 is 17.6 Å². The molecule has 1 heterocycles. The molecule has 1 amide bonds. The minimum atomic E-state index is -0.845. The number of anilines is 1. The SMILES string of the molecule is CC(C)CCC(=O)Nc1ccc2c(c1)CCC(CC(=O)O)O2. The first-order valence-electron chi connectivity index (χ1n) is 7.75. The normalized spacial score (nSPS) is 16.8. The zero-order valence-electron chi connectivity index (χ0n) is 13.1. The third kappa shape index (κ3) is 4.76. The van der Waals surface area contributed by atoms with Gasteiger partial charge in [-0.2, -0.15) is 0 Å². The van der Waals surface area contributed by atoms with Crippen molar-refractivity contribution in [2.24, 2.45) is 5.92 Å². The maximum atomic E-state index is 11.9. The number of carboxylic acids is 1. The first kappa shape index (κ1) is 16.3. The first-order valence-corrected chi connectivity index (χ1v) is 7.75. The van der Waals surface area contributed by atoms with Gasteiger partial charge in [-0.3, -0.25) is 9.59 Å². The second-order valence-electron chi connectivity index (χ2n) is 6.18. The molecule has 1 unspecified atom stereocenters. The number of amides is 1. The second kappa shape index (κ2) is 7.29. The Balaban J connectivity index is 1.95. The highest BCUT2D eigenvalue weighted by atomic mass is 16.5. The summed E-state index contributed by atoms with van der Waals surface area (Å²) < 4.78 is 5.69. The van der Waals surface area contributed by atoms with Gasteiger partial charge in [0.05, 0.1) is 6.42 Å². The van der Waals surface area contributed by atoms with Crippen molar-refractivity contribution < 1.29 is 19.4 Å². The van der Waals surface area contributed by atoms with Crippen LogP contribution in [0.3, 0.4) is 0 Å². The molecule has 0 aromatic heterocycles. The molecule has 120 valence electrons. The number of nitrogens with one attached hydrogen (secondary N) is 1. The predicted molar refractivity (Wildman–Crippen MR) is 84.1 cm³/mol. The summed E-state index contributed by atoms with van der Waals surface area (Å²) in [6.07, 6.45) is 2.60. The van der Waals surface area contributed by atoms with Gasteiger partial charge in [-0.1, -0.05) is 13.8 Å². The van der Waals surface area contributed by atoms with E-state index in [0.29, 0.717) is 18.8 Å². The molecule has 1 aromatic carbocycles. The largest absolute Gasteiger partial charge is 0.490 e. The van der Waals surface area contributed by atoms with E-state index in [4.69, 9.17) is 9.84 Å². The summed E-state index contributed by atoms with van der Waals surface area (Å²) in [5, 5.41) is 11.7. The molecule has 22 heavy (non-hydrogen) atoms. The van der Waals surface area contributed by atoms with Crippen molar-refractivity contribution in [3.63, 3.8) is 0 Å². The van der Waals surface area contributed by atoms with Gasteiger partial charge in [-0.25, -0.2) is 0 Å². The lowest BCUT2D eigenvalue weighted by Gasteiger charge is -2.25. The third-order valence-corrected chi connectivity index (χ3v) is 3.72. The van der Waals surface area contributed by atoms with Crippen LogP contribution in [0.15, 0.2) is 18.2 Å². The lowest BCUT2D eigenvalue weighted by atomic mass is 10.00. The average molecular weight is 305 g/mol. The Morgan fingerprint density at radius 3 is 2.86 bits per heavy atom. The molecule has 1 aliphatic heterocycles.